The molecule has 2 saturated heterocycles. The van der Waals surface area contributed by atoms with Crippen LogP contribution in [0.4, 0.5) is 0 Å². The van der Waals surface area contributed by atoms with Crippen molar-refractivity contribution in [1.29, 1.82) is 0 Å². The van der Waals surface area contributed by atoms with Crippen LogP contribution >= 0.6 is 0 Å². The summed E-state index contributed by atoms with van der Waals surface area (Å²) in [5, 5.41) is 0. The van der Waals surface area contributed by atoms with Gasteiger partial charge in [0.05, 0.1) is 24.4 Å². The predicted molar refractivity (Wildman–Crippen MR) is 56.7 cm³/mol. The van der Waals surface area contributed by atoms with E-state index in [0.29, 0.717) is 24.4 Å². The van der Waals surface area contributed by atoms with E-state index in [2.05, 4.69) is 0 Å². The van der Waals surface area contributed by atoms with Gasteiger partial charge in [0, 0.05) is 0 Å². The van der Waals surface area contributed by atoms with Gasteiger partial charge < -0.3 is 9.47 Å². The van der Waals surface area contributed by atoms with Gasteiger partial charge in [0.15, 0.2) is 0 Å². The Balaban J connectivity index is 1.42. The zero-order chi connectivity index (χ0) is 10.0. The average molecular weight is 218 g/mol. The van der Waals surface area contributed by atoms with Crippen LogP contribution < -0.4 is 0 Å². The molecule has 0 amide bonds. The molecule has 2 aliphatic heterocycles. The Bertz CT molecular complexity index is 379. The van der Waals surface area contributed by atoms with Gasteiger partial charge in [0.2, 0.25) is 0 Å². The third-order valence-corrected chi connectivity index (χ3v) is 6.94. The fourth-order valence-corrected chi connectivity index (χ4v) is 6.44. The van der Waals surface area contributed by atoms with Crippen molar-refractivity contribution in [3.63, 3.8) is 0 Å². The van der Waals surface area contributed by atoms with Gasteiger partial charge in [0.1, 0.15) is 0 Å². The van der Waals surface area contributed by atoms with Crippen molar-refractivity contribution < 1.29 is 9.47 Å². The minimum Gasteiger partial charge on any atom is -0.370 e. The topological polar surface area (TPSA) is 25.1 Å². The fraction of sp³-hybridized carbons (Fsp3) is 1.00. The van der Waals surface area contributed by atoms with Gasteiger partial charge in [-0.3, -0.25) is 0 Å². The van der Waals surface area contributed by atoms with E-state index in [9.17, 15) is 0 Å². The number of hydrogen-bond acceptors (Lipinski definition) is 2. The van der Waals surface area contributed by atoms with Crippen molar-refractivity contribution in [2.75, 3.05) is 0 Å². The summed E-state index contributed by atoms with van der Waals surface area (Å²) in [5.74, 6) is 6.21. The maximum atomic E-state index is 5.81. The molecule has 2 nitrogen and oxygen atoms in total. The summed E-state index contributed by atoms with van der Waals surface area (Å²) in [4.78, 5) is 0. The van der Waals surface area contributed by atoms with Crippen molar-refractivity contribution in [1.82, 2.24) is 0 Å². The molecule has 6 fully saturated rings. The molecule has 6 aliphatic rings. The molecule has 2 heterocycles. The van der Waals surface area contributed by atoms with Crippen LogP contribution in [0.15, 0.2) is 0 Å². The van der Waals surface area contributed by atoms with E-state index in [0.717, 1.165) is 35.5 Å². The van der Waals surface area contributed by atoms with Crippen molar-refractivity contribution in [2.24, 2.45) is 35.5 Å². The summed E-state index contributed by atoms with van der Waals surface area (Å²) >= 11 is 0. The lowest BCUT2D eigenvalue weighted by Gasteiger charge is -2.40. The molecule has 0 aromatic rings. The maximum Gasteiger partial charge on any atom is 0.0875 e. The van der Waals surface area contributed by atoms with Crippen LogP contribution in [0.25, 0.3) is 0 Å². The summed E-state index contributed by atoms with van der Waals surface area (Å²) in [7, 11) is 0. The van der Waals surface area contributed by atoms with Gasteiger partial charge in [-0.25, -0.2) is 0 Å². The number of hydrogen-bond donors (Lipinski definition) is 0. The van der Waals surface area contributed by atoms with E-state index in [4.69, 9.17) is 9.47 Å². The zero-order valence-electron chi connectivity index (χ0n) is 9.42. The summed E-state index contributed by atoms with van der Waals surface area (Å²) in [6.07, 6.45) is 8.55. The molecule has 0 aromatic carbocycles. The lowest BCUT2D eigenvalue weighted by molar-refractivity contribution is 0.0502. The maximum absolute atomic E-state index is 5.81. The van der Waals surface area contributed by atoms with Gasteiger partial charge in [-0.2, -0.15) is 0 Å². The van der Waals surface area contributed by atoms with Gasteiger partial charge >= 0.3 is 0 Å². The fourth-order valence-electron chi connectivity index (χ4n) is 6.44. The van der Waals surface area contributed by atoms with Crippen LogP contribution in [0.3, 0.4) is 0 Å². The Labute approximate surface area is 95.7 Å². The van der Waals surface area contributed by atoms with Crippen LogP contribution in [-0.4, -0.2) is 24.4 Å². The SMILES string of the molecule is C1[C@@H]2[C@@H]3C[C@H]4O[C@H]4C[C@@H]3[C@H]1[C@@H]1[C@H]2C[C@H]2O[C@@H]12. The van der Waals surface area contributed by atoms with Crippen molar-refractivity contribution in [2.45, 2.75) is 50.1 Å². The molecule has 16 heavy (non-hydrogen) atoms. The molecule has 4 saturated carbocycles. The monoisotopic (exact) mass is 218 g/mol. The van der Waals surface area contributed by atoms with Crippen LogP contribution in [0.5, 0.6) is 0 Å². The van der Waals surface area contributed by atoms with E-state index in [1.165, 1.54) is 19.3 Å². The molecule has 86 valence electrons. The summed E-state index contributed by atoms with van der Waals surface area (Å²) < 4.78 is 11.6. The zero-order valence-corrected chi connectivity index (χ0v) is 9.42. The van der Waals surface area contributed by atoms with Crippen LogP contribution in [-0.2, 0) is 9.47 Å². The molecule has 0 unspecified atom stereocenters. The molecule has 0 radical (unpaired) electrons. The summed E-state index contributed by atoms with van der Waals surface area (Å²) in [5.41, 5.74) is 0. The van der Waals surface area contributed by atoms with Gasteiger partial charge in [0.25, 0.3) is 0 Å². The lowest BCUT2D eigenvalue weighted by atomic mass is 9.64. The largest absolute Gasteiger partial charge is 0.370 e. The Kier molecular flexibility index (Phi) is 1.13. The van der Waals surface area contributed by atoms with Gasteiger partial charge in [-0.1, -0.05) is 0 Å². The molecule has 0 aromatic heterocycles. The molecule has 0 N–H and O–H groups in total. The number of ether oxygens (including phenoxy) is 2. The standard InChI is InChI=1S/C14H18O2/c1-5-6-2-10-11(15-10)3-7(6)8(1)13-9(5)4-12-14(13)16-12/h5-14H,1-4H2/t5-,6+,7+,8+,9+,10-,11+,12-,13-,14-/m1/s1. The third kappa shape index (κ3) is 0.743. The highest BCUT2D eigenvalue weighted by Gasteiger charge is 2.70. The molecular weight excluding hydrogens is 200 g/mol. The molecule has 10 atom stereocenters. The first-order chi connectivity index (χ1) is 7.90. The highest BCUT2D eigenvalue weighted by atomic mass is 16.6. The molecule has 2 bridgehead atoms. The first-order valence-corrected chi connectivity index (χ1v) is 7.21. The van der Waals surface area contributed by atoms with Crippen molar-refractivity contribution in [3.8, 4) is 0 Å². The molecule has 6 rings (SSSR count). The van der Waals surface area contributed by atoms with E-state index < -0.39 is 0 Å². The van der Waals surface area contributed by atoms with Gasteiger partial charge in [-0.15, -0.1) is 0 Å². The first-order valence-electron chi connectivity index (χ1n) is 7.21. The molecular formula is C14H18O2. The second-order valence-corrected chi connectivity index (χ2v) is 7.19. The smallest absolute Gasteiger partial charge is 0.0875 e. The number of fused-ring (bicyclic) bond motifs is 11. The molecule has 2 heteroatoms. The minimum atomic E-state index is 0.677. The Hall–Kier alpha value is -0.0800. The predicted octanol–water partition coefficient (Wildman–Crippen LogP) is 1.83. The average Bonchev–Trinajstić information content (AvgIpc) is 3.10. The van der Waals surface area contributed by atoms with E-state index in [1.807, 2.05) is 0 Å². The Morgan fingerprint density at radius 1 is 0.562 bits per heavy atom. The van der Waals surface area contributed by atoms with E-state index >= 15 is 0 Å². The minimum absolute atomic E-state index is 0.677. The molecule has 4 aliphatic carbocycles. The normalized spacial score (nSPS) is 76.5. The Morgan fingerprint density at radius 3 is 2.06 bits per heavy atom. The van der Waals surface area contributed by atoms with Gasteiger partial charge in [-0.05, 0) is 61.2 Å². The van der Waals surface area contributed by atoms with E-state index in [1.54, 1.807) is 6.42 Å². The number of epoxide rings is 2. The highest BCUT2D eigenvalue weighted by Crippen LogP contribution is 2.70. The van der Waals surface area contributed by atoms with Crippen LogP contribution in [0, 0.1) is 35.5 Å². The second-order valence-electron chi connectivity index (χ2n) is 7.19. The second kappa shape index (κ2) is 2.24. The quantitative estimate of drug-likeness (QED) is 0.580. The van der Waals surface area contributed by atoms with Crippen LogP contribution in [0.1, 0.15) is 25.7 Å². The molecule has 0 spiro atoms. The highest BCUT2D eigenvalue weighted by molar-refractivity contribution is 5.18. The Morgan fingerprint density at radius 2 is 1.19 bits per heavy atom. The van der Waals surface area contributed by atoms with E-state index in [-0.39, 0.29) is 0 Å². The summed E-state index contributed by atoms with van der Waals surface area (Å²) in [6.45, 7) is 0. The van der Waals surface area contributed by atoms with Crippen molar-refractivity contribution >= 4 is 0 Å². The first kappa shape index (κ1) is 8.10. The number of rotatable bonds is 0. The third-order valence-electron chi connectivity index (χ3n) is 6.94. The van der Waals surface area contributed by atoms with Crippen molar-refractivity contribution in [3.05, 3.63) is 0 Å². The summed E-state index contributed by atoms with van der Waals surface area (Å²) in [6, 6.07) is 0. The lowest BCUT2D eigenvalue weighted by Crippen LogP contribution is -2.38. The van der Waals surface area contributed by atoms with Crippen LogP contribution in [0.2, 0.25) is 0 Å².